The van der Waals surface area contributed by atoms with Gasteiger partial charge in [-0.2, -0.15) is 4.98 Å². The number of ether oxygens (including phenoxy) is 1. The van der Waals surface area contributed by atoms with Crippen molar-refractivity contribution >= 4 is 5.91 Å². The highest BCUT2D eigenvalue weighted by Crippen LogP contribution is 2.25. The van der Waals surface area contributed by atoms with Gasteiger partial charge in [-0.15, -0.1) is 5.10 Å². The Kier molecular flexibility index (Phi) is 4.57. The third kappa shape index (κ3) is 3.53. The minimum Gasteiger partial charge on any atom is -0.497 e. The summed E-state index contributed by atoms with van der Waals surface area (Å²) in [6.45, 7) is 3.08. The summed E-state index contributed by atoms with van der Waals surface area (Å²) >= 11 is 0. The highest BCUT2D eigenvalue weighted by Gasteiger charge is 2.26. The van der Waals surface area contributed by atoms with Crippen molar-refractivity contribution in [2.24, 2.45) is 0 Å². The summed E-state index contributed by atoms with van der Waals surface area (Å²) in [5.41, 5.74) is 1.20. The van der Waals surface area contributed by atoms with Crippen molar-refractivity contribution in [3.63, 3.8) is 0 Å². The monoisotopic (exact) mass is 368 g/mol. The van der Waals surface area contributed by atoms with E-state index in [1.807, 2.05) is 34.0 Å². The number of hydrogen-bond donors (Lipinski definition) is 0. The maximum absolute atomic E-state index is 12.7. The molecule has 3 heterocycles. The molecule has 0 unspecified atom stereocenters. The Morgan fingerprint density at radius 2 is 2.11 bits per heavy atom. The number of carbonyl (C=O) groups excluding carboxylic acids is 1. The van der Waals surface area contributed by atoms with E-state index in [4.69, 9.17) is 9.26 Å². The normalized spacial score (nSPS) is 15.1. The number of hydrogen-bond acceptors (Lipinski definition) is 7. The maximum Gasteiger partial charge on any atom is 0.280 e. The molecule has 0 aliphatic carbocycles. The van der Waals surface area contributed by atoms with Gasteiger partial charge in [0.05, 0.1) is 19.3 Å². The van der Waals surface area contributed by atoms with Crippen LogP contribution < -0.4 is 4.74 Å². The molecule has 0 N–H and O–H groups in total. The molecule has 1 saturated heterocycles. The van der Waals surface area contributed by atoms with E-state index < -0.39 is 0 Å². The van der Waals surface area contributed by atoms with Crippen molar-refractivity contribution in [2.75, 3.05) is 20.2 Å². The third-order valence-corrected chi connectivity index (χ3v) is 4.70. The van der Waals surface area contributed by atoms with Gasteiger partial charge in [0, 0.05) is 18.7 Å². The van der Waals surface area contributed by atoms with Crippen molar-refractivity contribution in [3.05, 3.63) is 41.9 Å². The van der Waals surface area contributed by atoms with Crippen LogP contribution in [0.15, 0.2) is 35.0 Å². The molecule has 27 heavy (non-hydrogen) atoms. The maximum atomic E-state index is 12.7. The van der Waals surface area contributed by atoms with Crippen molar-refractivity contribution < 1.29 is 14.1 Å². The molecule has 1 aromatic carbocycles. The lowest BCUT2D eigenvalue weighted by Crippen LogP contribution is -2.39. The molecule has 4 rings (SSSR count). The summed E-state index contributed by atoms with van der Waals surface area (Å²) in [5, 5.41) is 12.1. The standard InChI is InChI=1S/C18H20N6O3/c1-12-19-17(27-21-12)16-11-24(22-20-16)14-6-8-23(9-7-14)18(25)13-4-3-5-15(10-13)26-2/h3-5,10-11,14H,6-9H2,1-2H3. The fraction of sp³-hybridized carbons (Fsp3) is 0.389. The van der Waals surface area contributed by atoms with Gasteiger partial charge >= 0.3 is 0 Å². The Hall–Kier alpha value is -3.23. The third-order valence-electron chi connectivity index (χ3n) is 4.70. The molecule has 1 fully saturated rings. The molecule has 0 bridgehead atoms. The van der Waals surface area contributed by atoms with Crippen LogP contribution in [0.4, 0.5) is 0 Å². The molecule has 1 aliphatic rings. The fourth-order valence-electron chi connectivity index (χ4n) is 3.23. The Balaban J connectivity index is 1.40. The molecule has 0 spiro atoms. The van der Waals surface area contributed by atoms with Crippen LogP contribution in [-0.2, 0) is 0 Å². The molecule has 0 saturated carbocycles. The summed E-state index contributed by atoms with van der Waals surface area (Å²) in [5.74, 6) is 1.63. The average molecular weight is 368 g/mol. The van der Waals surface area contributed by atoms with E-state index in [1.54, 1.807) is 20.1 Å². The van der Waals surface area contributed by atoms with Gasteiger partial charge in [0.15, 0.2) is 11.5 Å². The molecule has 1 amide bonds. The molecule has 9 nitrogen and oxygen atoms in total. The topological polar surface area (TPSA) is 99.2 Å². The zero-order chi connectivity index (χ0) is 18.8. The number of aromatic nitrogens is 5. The first-order valence-electron chi connectivity index (χ1n) is 8.80. The van der Waals surface area contributed by atoms with Gasteiger partial charge in [0.25, 0.3) is 11.8 Å². The van der Waals surface area contributed by atoms with Gasteiger partial charge in [-0.3, -0.25) is 4.79 Å². The van der Waals surface area contributed by atoms with Gasteiger partial charge < -0.3 is 14.2 Å². The summed E-state index contributed by atoms with van der Waals surface area (Å²) in [6.07, 6.45) is 3.43. The molecule has 3 aromatic rings. The fourth-order valence-corrected chi connectivity index (χ4v) is 3.23. The lowest BCUT2D eigenvalue weighted by Gasteiger charge is -2.31. The van der Waals surface area contributed by atoms with Crippen LogP contribution in [0.2, 0.25) is 0 Å². The van der Waals surface area contributed by atoms with Crippen LogP contribution in [0.3, 0.4) is 0 Å². The lowest BCUT2D eigenvalue weighted by atomic mass is 10.0. The average Bonchev–Trinajstić information content (AvgIpc) is 3.37. The molecule has 140 valence electrons. The van der Waals surface area contributed by atoms with Gasteiger partial charge in [0.2, 0.25) is 0 Å². The Morgan fingerprint density at radius 3 is 2.81 bits per heavy atom. The minimum absolute atomic E-state index is 0.0213. The molecular formula is C18H20N6O3. The number of aryl methyl sites for hydroxylation is 1. The molecular weight excluding hydrogens is 348 g/mol. The first kappa shape index (κ1) is 17.2. The number of rotatable bonds is 4. The number of carbonyl (C=O) groups is 1. The van der Waals surface area contributed by atoms with Crippen molar-refractivity contribution in [1.82, 2.24) is 30.0 Å². The van der Waals surface area contributed by atoms with Gasteiger partial charge in [-0.1, -0.05) is 16.4 Å². The van der Waals surface area contributed by atoms with E-state index >= 15 is 0 Å². The smallest absolute Gasteiger partial charge is 0.280 e. The number of methoxy groups -OCH3 is 1. The van der Waals surface area contributed by atoms with Gasteiger partial charge in [-0.25, -0.2) is 4.68 Å². The van der Waals surface area contributed by atoms with Crippen molar-refractivity contribution in [2.45, 2.75) is 25.8 Å². The summed E-state index contributed by atoms with van der Waals surface area (Å²) in [4.78, 5) is 18.7. The van der Waals surface area contributed by atoms with E-state index in [1.165, 1.54) is 0 Å². The highest BCUT2D eigenvalue weighted by molar-refractivity contribution is 5.94. The van der Waals surface area contributed by atoms with E-state index in [2.05, 4.69) is 20.5 Å². The lowest BCUT2D eigenvalue weighted by molar-refractivity contribution is 0.0689. The van der Waals surface area contributed by atoms with E-state index in [0.717, 1.165) is 12.8 Å². The molecule has 1 aliphatic heterocycles. The number of amides is 1. The molecule has 2 aromatic heterocycles. The number of benzene rings is 1. The first-order chi connectivity index (χ1) is 13.1. The Bertz CT molecular complexity index is 942. The van der Waals surface area contributed by atoms with Crippen LogP contribution in [0, 0.1) is 6.92 Å². The van der Waals surface area contributed by atoms with Gasteiger partial charge in [0.1, 0.15) is 5.75 Å². The molecule has 0 atom stereocenters. The van der Waals surface area contributed by atoms with Crippen molar-refractivity contribution in [1.29, 1.82) is 0 Å². The zero-order valence-electron chi connectivity index (χ0n) is 15.2. The molecule has 0 radical (unpaired) electrons. The quantitative estimate of drug-likeness (QED) is 0.695. The van der Waals surface area contributed by atoms with E-state index in [0.29, 0.717) is 41.8 Å². The predicted molar refractivity (Wildman–Crippen MR) is 95.2 cm³/mol. The van der Waals surface area contributed by atoms with Crippen LogP contribution in [0.25, 0.3) is 11.6 Å². The summed E-state index contributed by atoms with van der Waals surface area (Å²) in [7, 11) is 1.59. The second-order valence-electron chi connectivity index (χ2n) is 6.49. The Labute approximate surface area is 155 Å². The van der Waals surface area contributed by atoms with E-state index in [9.17, 15) is 4.79 Å². The first-order valence-corrected chi connectivity index (χ1v) is 8.80. The Morgan fingerprint density at radius 1 is 1.30 bits per heavy atom. The second-order valence-corrected chi connectivity index (χ2v) is 6.49. The second kappa shape index (κ2) is 7.18. The van der Waals surface area contributed by atoms with Gasteiger partial charge in [-0.05, 0) is 38.0 Å². The summed E-state index contributed by atoms with van der Waals surface area (Å²) < 4.78 is 12.1. The molecule has 9 heteroatoms. The SMILES string of the molecule is COc1cccc(C(=O)N2CCC(n3cc(-c4nc(C)no4)nn3)CC2)c1. The van der Waals surface area contributed by atoms with Crippen LogP contribution in [0.5, 0.6) is 5.75 Å². The van der Waals surface area contributed by atoms with Crippen LogP contribution >= 0.6 is 0 Å². The summed E-state index contributed by atoms with van der Waals surface area (Å²) in [6, 6.07) is 7.42. The zero-order valence-corrected chi connectivity index (χ0v) is 15.2. The van der Waals surface area contributed by atoms with E-state index in [-0.39, 0.29) is 11.9 Å². The number of piperidine rings is 1. The van der Waals surface area contributed by atoms with Crippen LogP contribution in [-0.4, -0.2) is 56.1 Å². The number of nitrogens with zero attached hydrogens (tertiary/aromatic N) is 6. The largest absolute Gasteiger partial charge is 0.497 e. The minimum atomic E-state index is 0.0213. The van der Waals surface area contributed by atoms with Crippen molar-refractivity contribution in [3.8, 4) is 17.3 Å². The predicted octanol–water partition coefficient (Wildman–Crippen LogP) is 2.12. The van der Waals surface area contributed by atoms with Crippen LogP contribution in [0.1, 0.15) is 35.1 Å². The number of likely N-dealkylation sites (tertiary alicyclic amines) is 1. The highest BCUT2D eigenvalue weighted by atomic mass is 16.5.